The molecular formula is C17H22Cl2N4O3. The van der Waals surface area contributed by atoms with E-state index >= 15 is 0 Å². The van der Waals surface area contributed by atoms with Gasteiger partial charge >= 0.3 is 0 Å². The normalized spacial score (nSPS) is 17.2. The van der Waals surface area contributed by atoms with Crippen LogP contribution >= 0.6 is 24.0 Å². The van der Waals surface area contributed by atoms with Gasteiger partial charge in [-0.1, -0.05) is 16.8 Å². The van der Waals surface area contributed by atoms with E-state index < -0.39 is 5.41 Å². The topological polar surface area (TPSA) is 103 Å². The molecule has 26 heavy (non-hydrogen) atoms. The van der Waals surface area contributed by atoms with E-state index in [1.807, 2.05) is 6.92 Å². The molecule has 1 atom stereocenters. The molecule has 0 aliphatic carbocycles. The number of rotatable bonds is 5. The molecule has 1 aliphatic heterocycles. The van der Waals surface area contributed by atoms with Crippen LogP contribution in [-0.2, 0) is 9.53 Å². The minimum Gasteiger partial charge on any atom is -0.381 e. The fourth-order valence-electron chi connectivity index (χ4n) is 2.82. The molecule has 0 bridgehead atoms. The van der Waals surface area contributed by atoms with E-state index in [1.54, 1.807) is 24.3 Å². The van der Waals surface area contributed by atoms with Gasteiger partial charge in [-0.3, -0.25) is 4.79 Å². The van der Waals surface area contributed by atoms with E-state index in [9.17, 15) is 4.79 Å². The summed E-state index contributed by atoms with van der Waals surface area (Å²) in [5, 5.41) is 7.55. The fourth-order valence-corrected chi connectivity index (χ4v) is 2.95. The number of carbonyl (C=O) groups is 1. The number of nitrogens with one attached hydrogen (secondary N) is 1. The van der Waals surface area contributed by atoms with Crippen molar-refractivity contribution in [2.24, 2.45) is 11.1 Å². The van der Waals surface area contributed by atoms with Crippen LogP contribution < -0.4 is 11.1 Å². The van der Waals surface area contributed by atoms with Crippen LogP contribution in [0.25, 0.3) is 11.5 Å². The molecule has 0 spiro atoms. The zero-order valence-electron chi connectivity index (χ0n) is 14.4. The Labute approximate surface area is 163 Å². The van der Waals surface area contributed by atoms with Crippen LogP contribution in [0.3, 0.4) is 0 Å². The van der Waals surface area contributed by atoms with Crippen molar-refractivity contribution in [3.8, 4) is 11.5 Å². The van der Waals surface area contributed by atoms with Crippen LogP contribution in [0.5, 0.6) is 0 Å². The second-order valence-corrected chi connectivity index (χ2v) is 6.69. The average Bonchev–Trinajstić information content (AvgIpc) is 3.13. The Hall–Kier alpha value is -1.67. The summed E-state index contributed by atoms with van der Waals surface area (Å²) in [4.78, 5) is 17.1. The Morgan fingerprint density at radius 3 is 2.62 bits per heavy atom. The Kier molecular flexibility index (Phi) is 7.00. The molecule has 0 radical (unpaired) electrons. The van der Waals surface area contributed by atoms with Crippen molar-refractivity contribution >= 4 is 29.9 Å². The number of amides is 1. The van der Waals surface area contributed by atoms with Gasteiger partial charge in [-0.05, 0) is 44.0 Å². The molecule has 2 heterocycles. The molecule has 1 fully saturated rings. The van der Waals surface area contributed by atoms with Gasteiger partial charge in [-0.2, -0.15) is 4.98 Å². The lowest BCUT2D eigenvalue weighted by molar-refractivity contribution is -0.136. The number of hydrogen-bond acceptors (Lipinski definition) is 6. The summed E-state index contributed by atoms with van der Waals surface area (Å²) in [5.41, 5.74) is 6.05. The van der Waals surface area contributed by atoms with Crippen LogP contribution in [0.1, 0.15) is 31.6 Å². The molecule has 3 rings (SSSR count). The second-order valence-electron chi connectivity index (χ2n) is 6.26. The summed E-state index contributed by atoms with van der Waals surface area (Å²) in [6.07, 6.45) is 1.23. The van der Waals surface area contributed by atoms with Crippen LogP contribution in [0.2, 0.25) is 5.02 Å². The van der Waals surface area contributed by atoms with Crippen LogP contribution in [0.15, 0.2) is 28.8 Å². The van der Waals surface area contributed by atoms with Gasteiger partial charge in [0.2, 0.25) is 5.91 Å². The quantitative estimate of drug-likeness (QED) is 0.799. The summed E-state index contributed by atoms with van der Waals surface area (Å²) >= 11 is 5.88. The number of ether oxygens (including phenoxy) is 1. The van der Waals surface area contributed by atoms with Gasteiger partial charge in [-0.25, -0.2) is 0 Å². The highest BCUT2D eigenvalue weighted by atomic mass is 35.5. The predicted octanol–water partition coefficient (Wildman–Crippen LogP) is 2.74. The first-order valence-corrected chi connectivity index (χ1v) is 8.60. The van der Waals surface area contributed by atoms with Crippen molar-refractivity contribution in [3.63, 3.8) is 0 Å². The predicted molar refractivity (Wildman–Crippen MR) is 100 cm³/mol. The maximum Gasteiger partial charge on any atom is 0.257 e. The lowest BCUT2D eigenvalue weighted by atomic mass is 9.79. The number of halogens is 2. The molecule has 0 saturated carbocycles. The monoisotopic (exact) mass is 400 g/mol. The van der Waals surface area contributed by atoms with Crippen LogP contribution in [0.4, 0.5) is 0 Å². The molecule has 7 nitrogen and oxygen atoms in total. The zero-order chi connectivity index (χ0) is 17.9. The molecule has 2 aromatic rings. The third-order valence-corrected chi connectivity index (χ3v) is 4.84. The molecule has 1 aromatic carbocycles. The minimum atomic E-state index is -0.588. The first-order valence-electron chi connectivity index (χ1n) is 8.22. The fraction of sp³-hybridized carbons (Fsp3) is 0.471. The molecule has 9 heteroatoms. The first kappa shape index (κ1) is 20.6. The number of aromatic nitrogens is 2. The van der Waals surface area contributed by atoms with E-state index in [0.29, 0.717) is 42.8 Å². The van der Waals surface area contributed by atoms with E-state index in [2.05, 4.69) is 15.5 Å². The van der Waals surface area contributed by atoms with Gasteiger partial charge in [0.1, 0.15) is 0 Å². The third kappa shape index (κ3) is 4.35. The molecule has 1 aliphatic rings. The highest BCUT2D eigenvalue weighted by molar-refractivity contribution is 6.30. The Bertz CT molecular complexity index is 730. The maximum absolute atomic E-state index is 12.7. The number of carbonyl (C=O) groups excluding carboxylic acids is 1. The lowest BCUT2D eigenvalue weighted by Crippen LogP contribution is -2.49. The van der Waals surface area contributed by atoms with Crippen molar-refractivity contribution in [1.82, 2.24) is 15.5 Å². The van der Waals surface area contributed by atoms with E-state index in [1.165, 1.54) is 0 Å². The number of hydrogen-bond donors (Lipinski definition) is 2. The largest absolute Gasteiger partial charge is 0.381 e. The lowest BCUT2D eigenvalue weighted by Gasteiger charge is -2.35. The van der Waals surface area contributed by atoms with Crippen molar-refractivity contribution in [2.45, 2.75) is 25.8 Å². The van der Waals surface area contributed by atoms with Gasteiger partial charge < -0.3 is 20.3 Å². The Morgan fingerprint density at radius 2 is 2.00 bits per heavy atom. The van der Waals surface area contributed by atoms with Crippen molar-refractivity contribution in [1.29, 1.82) is 0 Å². The average molecular weight is 401 g/mol. The number of benzene rings is 1. The second kappa shape index (κ2) is 8.81. The highest BCUT2D eigenvalue weighted by Crippen LogP contribution is 2.30. The minimum absolute atomic E-state index is 0. The van der Waals surface area contributed by atoms with E-state index in [-0.39, 0.29) is 30.9 Å². The summed E-state index contributed by atoms with van der Waals surface area (Å²) in [5.74, 6) is 0.702. The zero-order valence-corrected chi connectivity index (χ0v) is 16.0. The molecule has 1 amide bonds. The summed E-state index contributed by atoms with van der Waals surface area (Å²) in [7, 11) is 0. The number of nitrogens with zero attached hydrogens (tertiary/aromatic N) is 2. The molecule has 1 aromatic heterocycles. The third-order valence-electron chi connectivity index (χ3n) is 4.59. The summed E-state index contributed by atoms with van der Waals surface area (Å²) in [6, 6.07) is 6.72. The van der Waals surface area contributed by atoms with Gasteiger partial charge in [0, 0.05) is 30.3 Å². The van der Waals surface area contributed by atoms with Crippen molar-refractivity contribution in [3.05, 3.63) is 35.1 Å². The summed E-state index contributed by atoms with van der Waals surface area (Å²) in [6.45, 7) is 3.19. The molecule has 3 N–H and O–H groups in total. The van der Waals surface area contributed by atoms with Gasteiger partial charge in [0.15, 0.2) is 5.82 Å². The number of nitrogens with two attached hydrogens (primary N) is 1. The van der Waals surface area contributed by atoms with Crippen LogP contribution in [0, 0.1) is 5.41 Å². The SMILES string of the molecule is CC(NC(=O)C1(CN)CCOCC1)c1noc(-c2ccc(Cl)cc2)n1.Cl. The highest BCUT2D eigenvalue weighted by Gasteiger charge is 2.39. The van der Waals surface area contributed by atoms with Crippen molar-refractivity contribution < 1.29 is 14.1 Å². The smallest absolute Gasteiger partial charge is 0.257 e. The summed E-state index contributed by atoms with van der Waals surface area (Å²) < 4.78 is 10.6. The standard InChI is InChI=1S/C17H21ClN4O3.ClH/c1-11(20-16(23)17(10-19)6-8-24-9-7-17)14-21-15(25-22-14)12-2-4-13(18)5-3-12;/h2-5,11H,6-10,19H2,1H3,(H,20,23);1H. The van der Waals surface area contributed by atoms with Gasteiger partial charge in [0.25, 0.3) is 5.89 Å². The molecular weight excluding hydrogens is 379 g/mol. The van der Waals surface area contributed by atoms with E-state index in [4.69, 9.17) is 26.6 Å². The van der Waals surface area contributed by atoms with Crippen molar-refractivity contribution in [2.75, 3.05) is 19.8 Å². The van der Waals surface area contributed by atoms with E-state index in [0.717, 1.165) is 5.56 Å². The molecule has 142 valence electrons. The first-order chi connectivity index (χ1) is 12.0. The Morgan fingerprint density at radius 1 is 1.35 bits per heavy atom. The molecule has 1 saturated heterocycles. The van der Waals surface area contributed by atoms with Crippen LogP contribution in [-0.4, -0.2) is 35.8 Å². The molecule has 1 unspecified atom stereocenters. The maximum atomic E-state index is 12.7. The Balaban J connectivity index is 0.00000243. The van der Waals surface area contributed by atoms with Gasteiger partial charge in [0.05, 0.1) is 11.5 Å². The van der Waals surface area contributed by atoms with Gasteiger partial charge in [-0.15, -0.1) is 12.4 Å².